The van der Waals surface area contributed by atoms with Gasteiger partial charge in [0.25, 0.3) is 5.91 Å². The molecule has 9 heteroatoms. The van der Waals surface area contributed by atoms with E-state index in [1.54, 1.807) is 36.4 Å². The number of benzene rings is 2. The van der Waals surface area contributed by atoms with Gasteiger partial charge in [-0.3, -0.25) is 25.8 Å². The number of carbonyl (C=O) groups is 2. The van der Waals surface area contributed by atoms with Gasteiger partial charge in [0.2, 0.25) is 5.91 Å². The molecule has 0 bridgehead atoms. The van der Waals surface area contributed by atoms with Crippen LogP contribution in [-0.2, 0) is 11.2 Å². The van der Waals surface area contributed by atoms with Crippen LogP contribution < -0.4 is 20.9 Å². The number of hydrogen-bond acceptors (Lipinski definition) is 4. The van der Waals surface area contributed by atoms with Crippen molar-refractivity contribution < 1.29 is 14.3 Å². The van der Waals surface area contributed by atoms with E-state index in [0.717, 1.165) is 35.7 Å². The van der Waals surface area contributed by atoms with Crippen LogP contribution in [0.5, 0.6) is 5.75 Å². The molecule has 0 fully saturated rings. The maximum absolute atomic E-state index is 12.7. The number of nitrogens with one attached hydrogen (secondary N) is 3. The highest BCUT2D eigenvalue weighted by atomic mass is 79.9. The molecule has 0 aromatic heterocycles. The van der Waals surface area contributed by atoms with Crippen molar-refractivity contribution in [2.75, 3.05) is 6.61 Å². The smallest absolute Gasteiger partial charge is 0.261 e. The van der Waals surface area contributed by atoms with Crippen molar-refractivity contribution in [2.24, 2.45) is 0 Å². The molecule has 0 atom stereocenters. The third kappa shape index (κ3) is 9.25. The number of unbranched alkanes of at least 4 members (excludes halogenated alkanes) is 3. The van der Waals surface area contributed by atoms with E-state index in [0.29, 0.717) is 22.9 Å². The fourth-order valence-electron chi connectivity index (χ4n) is 2.68. The van der Waals surface area contributed by atoms with Gasteiger partial charge >= 0.3 is 0 Å². The first-order valence-electron chi connectivity index (χ1n) is 9.96. The number of carbonyl (C=O) groups excluding carboxylic acids is 2. The molecule has 2 amide bonds. The van der Waals surface area contributed by atoms with E-state index >= 15 is 0 Å². The predicted octanol–water partition coefficient (Wildman–Crippen LogP) is 4.94. The first-order chi connectivity index (χ1) is 14.9. The average Bonchev–Trinajstić information content (AvgIpc) is 2.74. The van der Waals surface area contributed by atoms with Crippen molar-refractivity contribution in [3.8, 4) is 5.75 Å². The lowest BCUT2D eigenvalue weighted by atomic mass is 10.1. The zero-order valence-electron chi connectivity index (χ0n) is 17.2. The summed E-state index contributed by atoms with van der Waals surface area (Å²) in [5.41, 5.74) is 6.15. The van der Waals surface area contributed by atoms with E-state index in [4.69, 9.17) is 28.6 Å². The molecule has 0 spiro atoms. The Bertz CT molecular complexity index is 909. The molecule has 0 radical (unpaired) electrons. The van der Waals surface area contributed by atoms with Gasteiger partial charge in [-0.05, 0) is 54.5 Å². The summed E-state index contributed by atoms with van der Waals surface area (Å²) in [7, 11) is 0. The lowest BCUT2D eigenvalue weighted by molar-refractivity contribution is -0.121. The van der Waals surface area contributed by atoms with Crippen LogP contribution in [0.2, 0.25) is 5.02 Å². The van der Waals surface area contributed by atoms with E-state index in [9.17, 15) is 9.59 Å². The number of hydrogen-bond donors (Lipinski definition) is 3. The minimum Gasteiger partial charge on any atom is -0.493 e. The number of halogens is 2. The Hall–Kier alpha value is -2.16. The summed E-state index contributed by atoms with van der Waals surface area (Å²) in [6.45, 7) is 2.68. The van der Waals surface area contributed by atoms with Crippen molar-refractivity contribution in [3.05, 3.63) is 63.1 Å². The molecular weight excluding hydrogens is 502 g/mol. The second kappa shape index (κ2) is 13.3. The van der Waals surface area contributed by atoms with Crippen LogP contribution in [0.1, 0.15) is 48.5 Å². The van der Waals surface area contributed by atoms with Crippen LogP contribution >= 0.6 is 39.7 Å². The van der Waals surface area contributed by atoms with Crippen molar-refractivity contribution >= 4 is 56.7 Å². The first kappa shape index (κ1) is 25.1. The van der Waals surface area contributed by atoms with Gasteiger partial charge in [-0.1, -0.05) is 65.8 Å². The van der Waals surface area contributed by atoms with E-state index in [-0.39, 0.29) is 17.4 Å². The summed E-state index contributed by atoms with van der Waals surface area (Å²) in [6, 6.07) is 12.2. The first-order valence-corrected chi connectivity index (χ1v) is 11.5. The molecule has 3 N–H and O–H groups in total. The number of rotatable bonds is 9. The van der Waals surface area contributed by atoms with Crippen LogP contribution in [0, 0.1) is 0 Å². The summed E-state index contributed by atoms with van der Waals surface area (Å²) in [5.74, 6) is -0.265. The largest absolute Gasteiger partial charge is 0.493 e. The highest BCUT2D eigenvalue weighted by Gasteiger charge is 2.15. The molecule has 0 aliphatic carbocycles. The number of amides is 2. The van der Waals surface area contributed by atoms with Gasteiger partial charge in [0.15, 0.2) is 5.11 Å². The maximum Gasteiger partial charge on any atom is 0.261 e. The third-order valence-corrected chi connectivity index (χ3v) is 5.21. The molecule has 0 unspecified atom stereocenters. The van der Waals surface area contributed by atoms with Gasteiger partial charge in [0.05, 0.1) is 18.6 Å². The Morgan fingerprint density at radius 3 is 2.52 bits per heavy atom. The van der Waals surface area contributed by atoms with E-state index < -0.39 is 5.91 Å². The molecule has 6 nitrogen and oxygen atoms in total. The predicted molar refractivity (Wildman–Crippen MR) is 130 cm³/mol. The fourth-order valence-corrected chi connectivity index (χ4v) is 3.31. The zero-order valence-corrected chi connectivity index (χ0v) is 20.3. The second-order valence-electron chi connectivity index (χ2n) is 6.81. The summed E-state index contributed by atoms with van der Waals surface area (Å²) < 4.78 is 6.53. The Kier molecular flexibility index (Phi) is 10.8. The molecule has 2 aromatic carbocycles. The Morgan fingerprint density at radius 1 is 1.06 bits per heavy atom. The standard InChI is InChI=1S/C22H25BrClN3O3S/c1-2-3-4-5-12-30-19-11-8-16(23)14-18(19)21(29)25-22(31)27-26-20(28)13-15-6-9-17(24)10-7-15/h6-11,14H,2-5,12-13H2,1H3,(H,26,28)(H2,25,27,29,31). The van der Waals surface area contributed by atoms with Crippen LogP contribution in [0.25, 0.3) is 0 Å². The zero-order chi connectivity index (χ0) is 22.6. The Balaban J connectivity index is 1.85. The normalized spacial score (nSPS) is 10.3. The van der Waals surface area contributed by atoms with E-state index in [1.165, 1.54) is 0 Å². The molecule has 166 valence electrons. The molecule has 2 aromatic rings. The van der Waals surface area contributed by atoms with Crippen molar-refractivity contribution in [1.82, 2.24) is 16.2 Å². The topological polar surface area (TPSA) is 79.5 Å². The Morgan fingerprint density at radius 2 is 1.81 bits per heavy atom. The molecule has 0 heterocycles. The SMILES string of the molecule is CCCCCCOc1ccc(Br)cc1C(=O)NC(=S)NNC(=O)Cc1ccc(Cl)cc1. The van der Waals surface area contributed by atoms with Crippen molar-refractivity contribution in [3.63, 3.8) is 0 Å². The van der Waals surface area contributed by atoms with E-state index in [2.05, 4.69) is 39.0 Å². The van der Waals surface area contributed by atoms with Crippen molar-refractivity contribution in [1.29, 1.82) is 0 Å². The van der Waals surface area contributed by atoms with Gasteiger partial charge in [-0.15, -0.1) is 0 Å². The summed E-state index contributed by atoms with van der Waals surface area (Å²) in [5, 5.41) is 3.12. The van der Waals surface area contributed by atoms with Gasteiger partial charge in [-0.2, -0.15) is 0 Å². The quantitative estimate of drug-likeness (QED) is 0.245. The second-order valence-corrected chi connectivity index (χ2v) is 8.57. The van der Waals surface area contributed by atoms with Gasteiger partial charge in [-0.25, -0.2) is 0 Å². The highest BCUT2D eigenvalue weighted by Crippen LogP contribution is 2.23. The van der Waals surface area contributed by atoms with Crippen molar-refractivity contribution in [2.45, 2.75) is 39.0 Å². The third-order valence-electron chi connectivity index (χ3n) is 4.26. The lowest BCUT2D eigenvalue weighted by Crippen LogP contribution is -2.48. The molecule has 0 saturated carbocycles. The van der Waals surface area contributed by atoms with Gasteiger partial charge < -0.3 is 4.74 Å². The molecule has 0 saturated heterocycles. The number of ether oxygens (including phenoxy) is 1. The molecule has 0 aliphatic heterocycles. The van der Waals surface area contributed by atoms with Crippen LogP contribution in [-0.4, -0.2) is 23.5 Å². The van der Waals surface area contributed by atoms with Crippen LogP contribution in [0.15, 0.2) is 46.9 Å². The number of hydrazine groups is 1. The summed E-state index contributed by atoms with van der Waals surface area (Å²) in [6.07, 6.45) is 4.44. The minimum atomic E-state index is -0.436. The fraction of sp³-hybridized carbons (Fsp3) is 0.318. The van der Waals surface area contributed by atoms with Crippen LogP contribution in [0.3, 0.4) is 0 Å². The van der Waals surface area contributed by atoms with E-state index in [1.807, 2.05) is 6.07 Å². The molecule has 2 rings (SSSR count). The molecule has 31 heavy (non-hydrogen) atoms. The average molecular weight is 527 g/mol. The monoisotopic (exact) mass is 525 g/mol. The summed E-state index contributed by atoms with van der Waals surface area (Å²) >= 11 is 14.3. The van der Waals surface area contributed by atoms with Gasteiger partial charge in [0, 0.05) is 9.50 Å². The Labute approximate surface area is 201 Å². The van der Waals surface area contributed by atoms with Crippen LogP contribution in [0.4, 0.5) is 0 Å². The molecule has 0 aliphatic rings. The number of thiocarbonyl (C=S) groups is 1. The molecular formula is C22H25BrClN3O3S. The van der Waals surface area contributed by atoms with Gasteiger partial charge in [0.1, 0.15) is 5.75 Å². The summed E-state index contributed by atoms with van der Waals surface area (Å²) in [4.78, 5) is 24.7. The highest BCUT2D eigenvalue weighted by molar-refractivity contribution is 9.10. The minimum absolute atomic E-state index is 0.0247. The maximum atomic E-state index is 12.7. The lowest BCUT2D eigenvalue weighted by Gasteiger charge is -2.14.